The Kier molecular flexibility index (Phi) is 4.42. The van der Waals surface area contributed by atoms with E-state index in [-0.39, 0.29) is 29.5 Å². The Bertz CT molecular complexity index is 624. The molecule has 0 saturated carbocycles. The van der Waals surface area contributed by atoms with E-state index >= 15 is 0 Å². The van der Waals surface area contributed by atoms with Crippen molar-refractivity contribution in [2.45, 2.75) is 38.1 Å². The second-order valence-electron chi connectivity index (χ2n) is 6.19. The van der Waals surface area contributed by atoms with Crippen LogP contribution < -0.4 is 10.6 Å². The fraction of sp³-hybridized carbons (Fsp3) is 0.667. The van der Waals surface area contributed by atoms with E-state index in [0.717, 1.165) is 30.6 Å². The molecule has 1 aromatic heterocycles. The minimum atomic E-state index is -2.84. The molecule has 7 heteroatoms. The number of carbonyl (C=O) groups excluding carboxylic acids is 1. The van der Waals surface area contributed by atoms with Gasteiger partial charge in [-0.2, -0.15) is 0 Å². The smallest absolute Gasteiger partial charge is 0.315 e. The molecule has 0 radical (unpaired) electrons. The lowest BCUT2D eigenvalue weighted by Gasteiger charge is -2.25. The van der Waals surface area contributed by atoms with Crippen molar-refractivity contribution in [3.8, 4) is 0 Å². The highest BCUT2D eigenvalue weighted by molar-refractivity contribution is 7.91. The maximum atomic E-state index is 12.0. The van der Waals surface area contributed by atoms with Gasteiger partial charge in [-0.1, -0.05) is 0 Å². The van der Waals surface area contributed by atoms with Crippen molar-refractivity contribution < 1.29 is 17.6 Å². The number of hydrogen-bond donors (Lipinski definition) is 2. The molecule has 1 saturated heterocycles. The van der Waals surface area contributed by atoms with Crippen LogP contribution in [-0.2, 0) is 16.3 Å². The monoisotopic (exact) mass is 326 g/mol. The molecule has 3 rings (SSSR count). The van der Waals surface area contributed by atoms with Crippen molar-refractivity contribution in [3.05, 3.63) is 23.7 Å². The largest absolute Gasteiger partial charge is 0.469 e. The fourth-order valence-corrected chi connectivity index (χ4v) is 4.81. The van der Waals surface area contributed by atoms with Gasteiger partial charge >= 0.3 is 6.03 Å². The van der Waals surface area contributed by atoms with Crippen LogP contribution >= 0.6 is 0 Å². The van der Waals surface area contributed by atoms with E-state index < -0.39 is 9.84 Å². The first-order valence-electron chi connectivity index (χ1n) is 7.84. The number of furan rings is 1. The minimum absolute atomic E-state index is 0.00855. The lowest BCUT2D eigenvalue weighted by Crippen LogP contribution is -2.42. The molecule has 2 N–H and O–H groups in total. The first-order valence-corrected chi connectivity index (χ1v) is 9.67. The number of hydrogen-bond acceptors (Lipinski definition) is 4. The van der Waals surface area contributed by atoms with Gasteiger partial charge in [0.2, 0.25) is 0 Å². The third kappa shape index (κ3) is 3.63. The fourth-order valence-electron chi connectivity index (χ4n) is 3.23. The van der Waals surface area contributed by atoms with Crippen molar-refractivity contribution in [3.63, 3.8) is 0 Å². The molecule has 1 fully saturated rings. The topological polar surface area (TPSA) is 88.4 Å². The molecule has 2 amide bonds. The van der Waals surface area contributed by atoms with E-state index in [1.807, 2.05) is 6.07 Å². The normalized spacial score (nSPS) is 24.5. The Hall–Kier alpha value is -1.50. The Morgan fingerprint density at radius 1 is 1.27 bits per heavy atom. The second kappa shape index (κ2) is 6.32. The number of fused-ring (bicyclic) bond motifs is 1. The standard InChI is InChI=1S/C15H22N2O4S/c18-15(16-10-11-5-8-22(19,20)9-6-11)17-13-2-1-3-14-12(13)4-7-21-14/h4,7,11,13H,1-3,5-6,8-10H2,(H2,16,17,18)/t13-/m0/s1. The molecule has 1 aliphatic heterocycles. The molecule has 0 unspecified atom stereocenters. The van der Waals surface area contributed by atoms with Crippen molar-refractivity contribution in [2.75, 3.05) is 18.1 Å². The first kappa shape index (κ1) is 15.4. The van der Waals surface area contributed by atoms with Gasteiger partial charge in [0.25, 0.3) is 0 Å². The molecule has 0 aromatic carbocycles. The minimum Gasteiger partial charge on any atom is -0.469 e. The predicted molar refractivity (Wildman–Crippen MR) is 82.3 cm³/mol. The van der Waals surface area contributed by atoms with E-state index in [1.54, 1.807) is 6.26 Å². The summed E-state index contributed by atoms with van der Waals surface area (Å²) in [6.07, 6.45) is 5.80. The highest BCUT2D eigenvalue weighted by Gasteiger charge is 2.26. The summed E-state index contributed by atoms with van der Waals surface area (Å²) in [5.74, 6) is 1.70. The Balaban J connectivity index is 1.46. The number of urea groups is 1. The molecule has 1 aromatic rings. The summed E-state index contributed by atoms with van der Waals surface area (Å²) in [6.45, 7) is 0.534. The molecular weight excluding hydrogens is 304 g/mol. The number of nitrogens with one attached hydrogen (secondary N) is 2. The van der Waals surface area contributed by atoms with Crippen molar-refractivity contribution >= 4 is 15.9 Å². The Morgan fingerprint density at radius 3 is 2.82 bits per heavy atom. The number of aryl methyl sites for hydroxylation is 1. The van der Waals surface area contributed by atoms with E-state index in [2.05, 4.69) is 10.6 Å². The van der Waals surface area contributed by atoms with Crippen molar-refractivity contribution in [1.82, 2.24) is 10.6 Å². The van der Waals surface area contributed by atoms with Crippen LogP contribution in [0.5, 0.6) is 0 Å². The van der Waals surface area contributed by atoms with E-state index in [4.69, 9.17) is 4.42 Å². The molecule has 6 nitrogen and oxygen atoms in total. The highest BCUT2D eigenvalue weighted by Crippen LogP contribution is 2.30. The van der Waals surface area contributed by atoms with E-state index in [9.17, 15) is 13.2 Å². The quantitative estimate of drug-likeness (QED) is 0.886. The summed E-state index contributed by atoms with van der Waals surface area (Å²) in [4.78, 5) is 12.0. The summed E-state index contributed by atoms with van der Waals surface area (Å²) in [5, 5.41) is 5.86. The first-order chi connectivity index (χ1) is 10.5. The van der Waals surface area contributed by atoms with E-state index in [0.29, 0.717) is 19.4 Å². The summed E-state index contributed by atoms with van der Waals surface area (Å²) in [7, 11) is -2.84. The second-order valence-corrected chi connectivity index (χ2v) is 8.50. The summed E-state index contributed by atoms with van der Waals surface area (Å²) in [5.41, 5.74) is 1.07. The Morgan fingerprint density at radius 2 is 2.05 bits per heavy atom. The van der Waals surface area contributed by atoms with E-state index in [1.165, 1.54) is 0 Å². The molecule has 1 aliphatic carbocycles. The third-order valence-electron chi connectivity index (χ3n) is 4.58. The van der Waals surface area contributed by atoms with Crippen LogP contribution in [-0.4, -0.2) is 32.5 Å². The molecule has 2 heterocycles. The average Bonchev–Trinajstić information content (AvgIpc) is 2.96. The summed E-state index contributed by atoms with van der Waals surface area (Å²) >= 11 is 0. The van der Waals surface area contributed by atoms with Gasteiger partial charge in [-0.3, -0.25) is 0 Å². The van der Waals surface area contributed by atoms with Crippen LogP contribution in [0.1, 0.15) is 43.0 Å². The Labute approximate surface area is 130 Å². The van der Waals surface area contributed by atoms with Crippen LogP contribution in [0, 0.1) is 5.92 Å². The van der Waals surface area contributed by atoms with Crippen molar-refractivity contribution in [2.24, 2.45) is 5.92 Å². The van der Waals surface area contributed by atoms with Crippen LogP contribution in [0.15, 0.2) is 16.7 Å². The van der Waals surface area contributed by atoms with Gasteiger partial charge in [0.1, 0.15) is 15.6 Å². The number of amides is 2. The van der Waals surface area contributed by atoms with Crippen LogP contribution in [0.4, 0.5) is 4.79 Å². The molecule has 22 heavy (non-hydrogen) atoms. The van der Waals surface area contributed by atoms with Crippen LogP contribution in [0.25, 0.3) is 0 Å². The average molecular weight is 326 g/mol. The van der Waals surface area contributed by atoms with Gasteiger partial charge < -0.3 is 15.1 Å². The SMILES string of the molecule is O=C(NCC1CCS(=O)(=O)CC1)N[C@H]1CCCc2occc21. The van der Waals surface area contributed by atoms with Gasteiger partial charge in [-0.05, 0) is 37.7 Å². The lowest BCUT2D eigenvalue weighted by molar-refractivity contribution is 0.232. The zero-order valence-electron chi connectivity index (χ0n) is 12.5. The zero-order valence-corrected chi connectivity index (χ0v) is 13.3. The van der Waals surface area contributed by atoms with Crippen LogP contribution in [0.3, 0.4) is 0 Å². The number of carbonyl (C=O) groups is 1. The maximum absolute atomic E-state index is 12.0. The van der Waals surface area contributed by atoms with Gasteiger partial charge in [-0.15, -0.1) is 0 Å². The third-order valence-corrected chi connectivity index (χ3v) is 6.30. The molecule has 0 bridgehead atoms. The van der Waals surface area contributed by atoms with Gasteiger partial charge in [0.05, 0.1) is 23.8 Å². The summed E-state index contributed by atoms with van der Waals surface area (Å²) in [6, 6.07) is 1.74. The molecular formula is C15H22N2O4S. The van der Waals surface area contributed by atoms with Gasteiger partial charge in [0.15, 0.2) is 0 Å². The molecule has 2 aliphatic rings. The summed E-state index contributed by atoms with van der Waals surface area (Å²) < 4.78 is 28.2. The number of rotatable bonds is 3. The highest BCUT2D eigenvalue weighted by atomic mass is 32.2. The maximum Gasteiger partial charge on any atom is 0.315 e. The number of sulfone groups is 1. The van der Waals surface area contributed by atoms with Gasteiger partial charge in [0, 0.05) is 18.5 Å². The zero-order chi connectivity index (χ0) is 15.6. The molecule has 122 valence electrons. The molecule has 1 atom stereocenters. The molecule has 0 spiro atoms. The predicted octanol–water partition coefficient (Wildman–Crippen LogP) is 1.78. The van der Waals surface area contributed by atoms with Crippen molar-refractivity contribution in [1.29, 1.82) is 0 Å². The lowest BCUT2D eigenvalue weighted by atomic mass is 9.93. The van der Waals surface area contributed by atoms with Gasteiger partial charge in [-0.25, -0.2) is 13.2 Å². The van der Waals surface area contributed by atoms with Crippen LogP contribution in [0.2, 0.25) is 0 Å².